The van der Waals surface area contributed by atoms with Crippen molar-refractivity contribution in [3.05, 3.63) is 71.3 Å². The Balaban J connectivity index is 2.02. The van der Waals surface area contributed by atoms with Gasteiger partial charge in [-0.1, -0.05) is 68.4 Å². The molecule has 1 atom stereocenters. The minimum atomic E-state index is -3.39. The fraction of sp³-hybridized carbons (Fsp3) is 0.417. The zero-order valence-electron chi connectivity index (χ0n) is 19.1. The topological polar surface area (TPSA) is 104 Å². The van der Waals surface area contributed by atoms with E-state index in [1.807, 2.05) is 32.0 Å². The average Bonchev–Trinajstić information content (AvgIpc) is 2.70. The SMILES string of the molecule is CC(C)CC(=O)NC(C(=O)NCc1ccc(CS(=O)(=O)NC(C)C)cc1)c1ccccc1. The zero-order valence-corrected chi connectivity index (χ0v) is 19.9. The van der Waals surface area contributed by atoms with Crippen LogP contribution in [0.25, 0.3) is 0 Å². The maximum atomic E-state index is 12.9. The number of carbonyl (C=O) groups excluding carboxylic acids is 2. The molecule has 8 heteroatoms. The molecular formula is C24H33N3O4S. The van der Waals surface area contributed by atoms with Crippen LogP contribution in [-0.4, -0.2) is 26.3 Å². The van der Waals surface area contributed by atoms with Crippen molar-refractivity contribution in [2.45, 2.75) is 58.5 Å². The van der Waals surface area contributed by atoms with Gasteiger partial charge in [0.15, 0.2) is 0 Å². The van der Waals surface area contributed by atoms with Gasteiger partial charge in [0.05, 0.1) is 5.75 Å². The van der Waals surface area contributed by atoms with Crippen LogP contribution in [0.5, 0.6) is 0 Å². The van der Waals surface area contributed by atoms with E-state index in [0.29, 0.717) is 17.5 Å². The molecule has 0 saturated heterocycles. The summed E-state index contributed by atoms with van der Waals surface area (Å²) in [6.45, 7) is 7.71. The van der Waals surface area contributed by atoms with E-state index >= 15 is 0 Å². The molecule has 3 N–H and O–H groups in total. The van der Waals surface area contributed by atoms with E-state index in [9.17, 15) is 18.0 Å². The van der Waals surface area contributed by atoms with E-state index < -0.39 is 16.1 Å². The van der Waals surface area contributed by atoms with E-state index in [-0.39, 0.29) is 36.1 Å². The summed E-state index contributed by atoms with van der Waals surface area (Å²) in [6.07, 6.45) is 0.340. The second-order valence-electron chi connectivity index (χ2n) is 8.58. The Hall–Kier alpha value is -2.71. The first-order valence-electron chi connectivity index (χ1n) is 10.8. The minimum absolute atomic E-state index is 0.101. The lowest BCUT2D eigenvalue weighted by atomic mass is 10.0. The Morgan fingerprint density at radius 1 is 0.875 bits per heavy atom. The van der Waals surface area contributed by atoms with Crippen LogP contribution in [-0.2, 0) is 31.9 Å². The molecular weight excluding hydrogens is 426 g/mol. The fourth-order valence-corrected chi connectivity index (χ4v) is 4.63. The van der Waals surface area contributed by atoms with Gasteiger partial charge < -0.3 is 10.6 Å². The first-order valence-corrected chi connectivity index (χ1v) is 12.4. The normalized spacial score (nSPS) is 12.6. The lowest BCUT2D eigenvalue weighted by molar-refractivity contribution is -0.129. The van der Waals surface area contributed by atoms with Gasteiger partial charge in [0.25, 0.3) is 0 Å². The quantitative estimate of drug-likeness (QED) is 0.480. The minimum Gasteiger partial charge on any atom is -0.350 e. The molecule has 0 aromatic heterocycles. The van der Waals surface area contributed by atoms with Crippen LogP contribution in [0.1, 0.15) is 56.8 Å². The largest absolute Gasteiger partial charge is 0.350 e. The van der Waals surface area contributed by atoms with Crippen molar-refractivity contribution in [2.75, 3.05) is 0 Å². The Morgan fingerprint density at radius 2 is 1.47 bits per heavy atom. The van der Waals surface area contributed by atoms with Gasteiger partial charge in [0.1, 0.15) is 6.04 Å². The molecule has 2 amide bonds. The summed E-state index contributed by atoms with van der Waals surface area (Å²) < 4.78 is 26.7. The molecule has 2 aromatic rings. The van der Waals surface area contributed by atoms with Crippen LogP contribution in [0.2, 0.25) is 0 Å². The number of amides is 2. The molecule has 0 radical (unpaired) electrons. The van der Waals surface area contributed by atoms with E-state index in [1.54, 1.807) is 50.2 Å². The predicted octanol–water partition coefficient (Wildman–Crippen LogP) is 3.03. The number of hydrogen-bond donors (Lipinski definition) is 3. The Kier molecular flexibility index (Phi) is 9.41. The molecule has 0 bridgehead atoms. The molecule has 0 aliphatic rings. The molecule has 7 nitrogen and oxygen atoms in total. The fourth-order valence-electron chi connectivity index (χ4n) is 3.20. The highest BCUT2D eigenvalue weighted by Crippen LogP contribution is 2.15. The average molecular weight is 460 g/mol. The van der Waals surface area contributed by atoms with Crippen LogP contribution in [0.3, 0.4) is 0 Å². The van der Waals surface area contributed by atoms with Gasteiger partial charge in [-0.15, -0.1) is 0 Å². The van der Waals surface area contributed by atoms with Crippen LogP contribution in [0.15, 0.2) is 54.6 Å². The van der Waals surface area contributed by atoms with Gasteiger partial charge in [-0.2, -0.15) is 0 Å². The maximum absolute atomic E-state index is 12.9. The number of carbonyl (C=O) groups is 2. The van der Waals surface area contributed by atoms with Gasteiger partial charge in [-0.05, 0) is 36.5 Å². The van der Waals surface area contributed by atoms with E-state index in [1.165, 1.54) is 0 Å². The van der Waals surface area contributed by atoms with Crippen LogP contribution < -0.4 is 15.4 Å². The number of nitrogens with one attached hydrogen (secondary N) is 3. The molecule has 0 aliphatic heterocycles. The highest BCUT2D eigenvalue weighted by atomic mass is 32.2. The number of benzene rings is 2. The standard InChI is InChI=1S/C24H33N3O4S/c1-17(2)14-22(28)26-23(21-8-6-5-7-9-21)24(29)25-15-19-10-12-20(13-11-19)16-32(30,31)27-18(3)4/h5-13,17-18,23,27H,14-16H2,1-4H3,(H,25,29)(H,26,28). The Bertz CT molecular complexity index is 988. The van der Waals surface area contributed by atoms with Crippen LogP contribution in [0.4, 0.5) is 0 Å². The lowest BCUT2D eigenvalue weighted by Crippen LogP contribution is -2.40. The second-order valence-corrected chi connectivity index (χ2v) is 10.3. The summed E-state index contributed by atoms with van der Waals surface area (Å²) in [7, 11) is -3.39. The summed E-state index contributed by atoms with van der Waals surface area (Å²) in [5.41, 5.74) is 2.20. The summed E-state index contributed by atoms with van der Waals surface area (Å²) in [5.74, 6) is -0.395. The summed E-state index contributed by atoms with van der Waals surface area (Å²) in [6, 6.07) is 15.2. The summed E-state index contributed by atoms with van der Waals surface area (Å²) in [4.78, 5) is 25.2. The van der Waals surface area contributed by atoms with Crippen molar-refractivity contribution in [1.82, 2.24) is 15.4 Å². The van der Waals surface area contributed by atoms with E-state index in [2.05, 4.69) is 15.4 Å². The first-order chi connectivity index (χ1) is 15.1. The molecule has 0 spiro atoms. The van der Waals surface area contributed by atoms with Gasteiger partial charge in [0.2, 0.25) is 21.8 Å². The smallest absolute Gasteiger partial charge is 0.247 e. The van der Waals surface area contributed by atoms with E-state index in [4.69, 9.17) is 0 Å². The Morgan fingerprint density at radius 3 is 2.03 bits per heavy atom. The monoisotopic (exact) mass is 459 g/mol. The van der Waals surface area contributed by atoms with Crippen molar-refractivity contribution in [3.8, 4) is 0 Å². The zero-order chi connectivity index (χ0) is 23.7. The molecule has 0 aliphatic carbocycles. The van der Waals surface area contributed by atoms with Crippen molar-refractivity contribution >= 4 is 21.8 Å². The maximum Gasteiger partial charge on any atom is 0.247 e. The first kappa shape index (κ1) is 25.5. The molecule has 2 aromatic carbocycles. The number of hydrogen-bond acceptors (Lipinski definition) is 4. The van der Waals surface area contributed by atoms with Gasteiger partial charge in [-0.25, -0.2) is 13.1 Å². The van der Waals surface area contributed by atoms with E-state index in [0.717, 1.165) is 5.56 Å². The highest BCUT2D eigenvalue weighted by molar-refractivity contribution is 7.88. The molecule has 0 heterocycles. The van der Waals surface area contributed by atoms with Crippen LogP contribution >= 0.6 is 0 Å². The summed E-state index contributed by atoms with van der Waals surface area (Å²) in [5, 5.41) is 5.69. The molecule has 0 saturated carbocycles. The van der Waals surface area contributed by atoms with Crippen molar-refractivity contribution in [1.29, 1.82) is 0 Å². The third kappa shape index (κ3) is 8.80. The highest BCUT2D eigenvalue weighted by Gasteiger charge is 2.22. The van der Waals surface area contributed by atoms with Gasteiger partial charge in [-0.3, -0.25) is 9.59 Å². The van der Waals surface area contributed by atoms with Crippen molar-refractivity contribution in [2.24, 2.45) is 5.92 Å². The number of rotatable bonds is 11. The third-order valence-corrected chi connectivity index (χ3v) is 6.10. The van der Waals surface area contributed by atoms with Crippen molar-refractivity contribution in [3.63, 3.8) is 0 Å². The number of sulfonamides is 1. The molecule has 2 rings (SSSR count). The lowest BCUT2D eigenvalue weighted by Gasteiger charge is -2.19. The molecule has 0 fully saturated rings. The van der Waals surface area contributed by atoms with Gasteiger partial charge >= 0.3 is 0 Å². The molecule has 174 valence electrons. The second kappa shape index (κ2) is 11.8. The molecule has 32 heavy (non-hydrogen) atoms. The predicted molar refractivity (Wildman–Crippen MR) is 126 cm³/mol. The summed E-state index contributed by atoms with van der Waals surface area (Å²) >= 11 is 0. The molecule has 1 unspecified atom stereocenters. The van der Waals surface area contributed by atoms with Gasteiger partial charge in [0, 0.05) is 19.0 Å². The Labute approximate surface area is 191 Å². The van der Waals surface area contributed by atoms with Crippen molar-refractivity contribution < 1.29 is 18.0 Å². The van der Waals surface area contributed by atoms with Crippen LogP contribution in [0, 0.1) is 5.92 Å². The third-order valence-electron chi connectivity index (χ3n) is 4.56.